The van der Waals surface area contributed by atoms with Gasteiger partial charge in [-0.3, -0.25) is 0 Å². The lowest BCUT2D eigenvalue weighted by Crippen LogP contribution is -2.23. The van der Waals surface area contributed by atoms with E-state index in [1.165, 1.54) is 0 Å². The quantitative estimate of drug-likeness (QED) is 0.849. The zero-order valence-electron chi connectivity index (χ0n) is 11.2. The topological polar surface area (TPSA) is 38.5 Å². The van der Waals surface area contributed by atoms with Gasteiger partial charge < -0.3 is 15.4 Å². The standard InChI is InChI=1S/C16H17BrN2O/c17-13-7-6-12(14(18)10-13)11-19-8-3-9-20-16-5-2-1-4-15(16)19/h1-2,4-7,10H,3,8-9,11,18H2. The predicted molar refractivity (Wildman–Crippen MR) is 86.2 cm³/mol. The molecule has 1 aliphatic rings. The summed E-state index contributed by atoms with van der Waals surface area (Å²) in [6.07, 6.45) is 1.02. The Bertz CT molecular complexity index is 615. The van der Waals surface area contributed by atoms with Crippen LogP contribution < -0.4 is 15.4 Å². The molecule has 1 heterocycles. The molecule has 0 aromatic heterocycles. The summed E-state index contributed by atoms with van der Waals surface area (Å²) in [4.78, 5) is 2.34. The molecule has 0 spiro atoms. The predicted octanol–water partition coefficient (Wildman–Crippen LogP) is 3.82. The van der Waals surface area contributed by atoms with Gasteiger partial charge in [-0.15, -0.1) is 0 Å². The van der Waals surface area contributed by atoms with E-state index in [-0.39, 0.29) is 0 Å². The van der Waals surface area contributed by atoms with Crippen LogP contribution in [0.5, 0.6) is 5.75 Å². The van der Waals surface area contributed by atoms with Gasteiger partial charge in [0.1, 0.15) is 5.75 Å². The summed E-state index contributed by atoms with van der Waals surface area (Å²) in [6.45, 7) is 2.55. The fourth-order valence-electron chi connectivity index (χ4n) is 2.48. The second kappa shape index (κ2) is 5.75. The van der Waals surface area contributed by atoms with Gasteiger partial charge in [0.2, 0.25) is 0 Å². The summed E-state index contributed by atoms with van der Waals surface area (Å²) in [5, 5.41) is 0. The van der Waals surface area contributed by atoms with E-state index in [1.54, 1.807) is 0 Å². The maximum atomic E-state index is 6.11. The summed E-state index contributed by atoms with van der Waals surface area (Å²) in [6, 6.07) is 14.3. The molecule has 0 bridgehead atoms. The number of fused-ring (bicyclic) bond motifs is 1. The number of nitrogens with zero attached hydrogens (tertiary/aromatic N) is 1. The summed E-state index contributed by atoms with van der Waals surface area (Å²) >= 11 is 3.45. The van der Waals surface area contributed by atoms with Crippen LogP contribution in [0.1, 0.15) is 12.0 Å². The molecule has 0 saturated heterocycles. The maximum Gasteiger partial charge on any atom is 0.142 e. The van der Waals surface area contributed by atoms with Crippen LogP contribution in [0, 0.1) is 0 Å². The zero-order valence-corrected chi connectivity index (χ0v) is 12.8. The molecule has 2 N–H and O–H groups in total. The minimum atomic E-state index is 0.767. The number of nitrogen functional groups attached to an aromatic ring is 1. The Kier molecular flexibility index (Phi) is 3.83. The third-order valence-electron chi connectivity index (χ3n) is 3.51. The average Bonchev–Trinajstić information content (AvgIpc) is 2.65. The van der Waals surface area contributed by atoms with E-state index in [2.05, 4.69) is 33.0 Å². The van der Waals surface area contributed by atoms with Gasteiger partial charge in [-0.25, -0.2) is 0 Å². The molecule has 0 atom stereocenters. The lowest BCUT2D eigenvalue weighted by molar-refractivity contribution is 0.322. The van der Waals surface area contributed by atoms with E-state index in [4.69, 9.17) is 10.5 Å². The molecule has 2 aromatic rings. The molecule has 0 saturated carbocycles. The minimum absolute atomic E-state index is 0.767. The van der Waals surface area contributed by atoms with Gasteiger partial charge in [-0.1, -0.05) is 34.1 Å². The highest BCUT2D eigenvalue weighted by atomic mass is 79.9. The summed E-state index contributed by atoms with van der Waals surface area (Å²) in [7, 11) is 0. The lowest BCUT2D eigenvalue weighted by Gasteiger charge is -2.24. The van der Waals surface area contributed by atoms with Crippen LogP contribution in [0.15, 0.2) is 46.9 Å². The molecule has 3 rings (SSSR count). The van der Waals surface area contributed by atoms with E-state index in [9.17, 15) is 0 Å². The van der Waals surface area contributed by atoms with Gasteiger partial charge in [0.15, 0.2) is 0 Å². The van der Waals surface area contributed by atoms with E-state index in [0.717, 1.165) is 53.3 Å². The number of ether oxygens (including phenoxy) is 1. The minimum Gasteiger partial charge on any atom is -0.491 e. The number of hydrogen-bond donors (Lipinski definition) is 1. The first-order chi connectivity index (χ1) is 9.74. The molecule has 0 aliphatic carbocycles. The van der Waals surface area contributed by atoms with Gasteiger partial charge in [-0.2, -0.15) is 0 Å². The number of benzene rings is 2. The van der Waals surface area contributed by atoms with Crippen molar-refractivity contribution in [2.24, 2.45) is 0 Å². The Balaban J connectivity index is 1.90. The van der Waals surface area contributed by atoms with Crippen molar-refractivity contribution < 1.29 is 4.74 Å². The summed E-state index contributed by atoms with van der Waals surface area (Å²) < 4.78 is 6.80. The van der Waals surface area contributed by atoms with Crippen LogP contribution in [0.4, 0.5) is 11.4 Å². The van der Waals surface area contributed by atoms with Crippen molar-refractivity contribution in [1.29, 1.82) is 0 Å². The van der Waals surface area contributed by atoms with Crippen LogP contribution in [-0.2, 0) is 6.54 Å². The second-order valence-corrected chi connectivity index (χ2v) is 5.85. The molecule has 0 fully saturated rings. The fourth-order valence-corrected chi connectivity index (χ4v) is 2.86. The van der Waals surface area contributed by atoms with Crippen LogP contribution in [0.2, 0.25) is 0 Å². The van der Waals surface area contributed by atoms with Crippen molar-refractivity contribution >= 4 is 27.3 Å². The van der Waals surface area contributed by atoms with Crippen molar-refractivity contribution in [3.63, 3.8) is 0 Å². The number of nitrogens with two attached hydrogens (primary N) is 1. The fraction of sp³-hybridized carbons (Fsp3) is 0.250. The number of para-hydroxylation sites is 2. The molecule has 0 radical (unpaired) electrons. The van der Waals surface area contributed by atoms with Crippen LogP contribution in [-0.4, -0.2) is 13.2 Å². The van der Waals surface area contributed by atoms with Crippen molar-refractivity contribution in [1.82, 2.24) is 0 Å². The highest BCUT2D eigenvalue weighted by molar-refractivity contribution is 9.10. The first-order valence-electron chi connectivity index (χ1n) is 6.75. The molecule has 4 heteroatoms. The number of halogens is 1. The number of hydrogen-bond acceptors (Lipinski definition) is 3. The first-order valence-corrected chi connectivity index (χ1v) is 7.54. The highest BCUT2D eigenvalue weighted by Crippen LogP contribution is 2.32. The van der Waals surface area contributed by atoms with Crippen LogP contribution in [0.25, 0.3) is 0 Å². The Morgan fingerprint density at radius 2 is 2.05 bits per heavy atom. The van der Waals surface area contributed by atoms with Gasteiger partial charge in [-0.05, 0) is 36.2 Å². The summed E-state index contributed by atoms with van der Waals surface area (Å²) in [5.41, 5.74) is 9.22. The van der Waals surface area contributed by atoms with Crippen molar-refractivity contribution in [2.45, 2.75) is 13.0 Å². The van der Waals surface area contributed by atoms with Gasteiger partial charge in [0.05, 0.1) is 12.3 Å². The third-order valence-corrected chi connectivity index (χ3v) is 4.00. The Hall–Kier alpha value is -1.68. The normalized spacial score (nSPS) is 14.3. The van der Waals surface area contributed by atoms with E-state index < -0.39 is 0 Å². The van der Waals surface area contributed by atoms with E-state index in [1.807, 2.05) is 30.3 Å². The molecular weight excluding hydrogens is 316 g/mol. The molecular formula is C16H17BrN2O. The second-order valence-electron chi connectivity index (χ2n) is 4.93. The Labute approximate surface area is 127 Å². The van der Waals surface area contributed by atoms with Gasteiger partial charge in [0, 0.05) is 23.2 Å². The molecule has 20 heavy (non-hydrogen) atoms. The number of rotatable bonds is 2. The summed E-state index contributed by atoms with van der Waals surface area (Å²) in [5.74, 6) is 0.959. The molecule has 3 nitrogen and oxygen atoms in total. The zero-order chi connectivity index (χ0) is 13.9. The van der Waals surface area contributed by atoms with E-state index in [0.29, 0.717) is 0 Å². The highest BCUT2D eigenvalue weighted by Gasteiger charge is 2.16. The Morgan fingerprint density at radius 1 is 1.20 bits per heavy atom. The van der Waals surface area contributed by atoms with Crippen molar-refractivity contribution in [2.75, 3.05) is 23.8 Å². The van der Waals surface area contributed by atoms with E-state index >= 15 is 0 Å². The average molecular weight is 333 g/mol. The lowest BCUT2D eigenvalue weighted by atomic mass is 10.1. The van der Waals surface area contributed by atoms with Crippen molar-refractivity contribution in [3.8, 4) is 5.75 Å². The number of anilines is 2. The van der Waals surface area contributed by atoms with Gasteiger partial charge in [0.25, 0.3) is 0 Å². The third kappa shape index (κ3) is 2.75. The largest absolute Gasteiger partial charge is 0.491 e. The first kappa shape index (κ1) is 13.3. The molecule has 1 aliphatic heterocycles. The van der Waals surface area contributed by atoms with Crippen molar-refractivity contribution in [3.05, 3.63) is 52.5 Å². The molecule has 0 unspecified atom stereocenters. The SMILES string of the molecule is Nc1cc(Br)ccc1CN1CCCOc2ccccc21. The molecule has 2 aromatic carbocycles. The maximum absolute atomic E-state index is 6.11. The molecule has 0 amide bonds. The van der Waals surface area contributed by atoms with Gasteiger partial charge >= 0.3 is 0 Å². The Morgan fingerprint density at radius 3 is 2.90 bits per heavy atom. The van der Waals surface area contributed by atoms with Crippen LogP contribution >= 0.6 is 15.9 Å². The smallest absolute Gasteiger partial charge is 0.142 e. The van der Waals surface area contributed by atoms with Crippen LogP contribution in [0.3, 0.4) is 0 Å². The monoisotopic (exact) mass is 332 g/mol. The molecule has 104 valence electrons.